The van der Waals surface area contributed by atoms with Gasteiger partial charge >= 0.3 is 0 Å². The molecule has 1 saturated heterocycles. The first-order valence-corrected chi connectivity index (χ1v) is 5.30. The Morgan fingerprint density at radius 1 is 1.69 bits per heavy atom. The van der Waals surface area contributed by atoms with Gasteiger partial charge in [0.2, 0.25) is 0 Å². The van der Waals surface area contributed by atoms with Gasteiger partial charge in [0.05, 0.1) is 19.3 Å². The van der Waals surface area contributed by atoms with Gasteiger partial charge in [0.15, 0.2) is 0 Å². The lowest BCUT2D eigenvalue weighted by Crippen LogP contribution is -2.36. The standard InChI is InChI=1S/C9H18ClNO2/c1-8-5-11(2-3-13-7-8)6-9(12)4-10/h8-9,12H,2-7H2,1H3. The summed E-state index contributed by atoms with van der Waals surface area (Å²) < 4.78 is 5.40. The maximum atomic E-state index is 9.37. The summed E-state index contributed by atoms with van der Waals surface area (Å²) in [5.74, 6) is 0.858. The van der Waals surface area contributed by atoms with Crippen molar-refractivity contribution >= 4 is 11.6 Å². The minimum atomic E-state index is -0.410. The van der Waals surface area contributed by atoms with Gasteiger partial charge in [0.25, 0.3) is 0 Å². The van der Waals surface area contributed by atoms with Crippen molar-refractivity contribution in [1.82, 2.24) is 4.90 Å². The van der Waals surface area contributed by atoms with E-state index in [4.69, 9.17) is 16.3 Å². The third-order valence-corrected chi connectivity index (χ3v) is 2.53. The molecule has 2 atom stereocenters. The van der Waals surface area contributed by atoms with Gasteiger partial charge in [-0.25, -0.2) is 0 Å². The van der Waals surface area contributed by atoms with Crippen molar-refractivity contribution in [2.75, 3.05) is 38.7 Å². The van der Waals surface area contributed by atoms with E-state index >= 15 is 0 Å². The molecule has 1 aliphatic heterocycles. The highest BCUT2D eigenvalue weighted by Crippen LogP contribution is 2.06. The fourth-order valence-corrected chi connectivity index (χ4v) is 1.67. The zero-order chi connectivity index (χ0) is 9.68. The summed E-state index contributed by atoms with van der Waals surface area (Å²) >= 11 is 5.54. The molecule has 1 N–H and O–H groups in total. The van der Waals surface area contributed by atoms with Crippen LogP contribution in [0.25, 0.3) is 0 Å². The van der Waals surface area contributed by atoms with Crippen LogP contribution in [0.4, 0.5) is 0 Å². The Labute approximate surface area is 84.6 Å². The summed E-state index contributed by atoms with van der Waals surface area (Å²) in [6.07, 6.45) is -0.410. The van der Waals surface area contributed by atoms with E-state index in [-0.39, 0.29) is 0 Å². The van der Waals surface area contributed by atoms with E-state index in [0.717, 1.165) is 26.3 Å². The van der Waals surface area contributed by atoms with Crippen LogP contribution in [0.2, 0.25) is 0 Å². The molecule has 0 aromatic rings. The van der Waals surface area contributed by atoms with E-state index in [0.29, 0.717) is 18.3 Å². The van der Waals surface area contributed by atoms with Crippen molar-refractivity contribution < 1.29 is 9.84 Å². The number of halogens is 1. The Bertz CT molecular complexity index is 146. The molecule has 78 valence electrons. The number of aliphatic hydroxyl groups excluding tert-OH is 1. The van der Waals surface area contributed by atoms with E-state index in [1.807, 2.05) is 0 Å². The molecule has 1 heterocycles. The van der Waals surface area contributed by atoms with Gasteiger partial charge in [0, 0.05) is 25.5 Å². The summed E-state index contributed by atoms with van der Waals surface area (Å²) in [7, 11) is 0. The largest absolute Gasteiger partial charge is 0.391 e. The van der Waals surface area contributed by atoms with Crippen molar-refractivity contribution in [3.8, 4) is 0 Å². The van der Waals surface area contributed by atoms with Crippen molar-refractivity contribution in [3.63, 3.8) is 0 Å². The Kier molecular flexibility index (Phi) is 5.02. The number of hydrogen-bond acceptors (Lipinski definition) is 3. The van der Waals surface area contributed by atoms with Crippen LogP contribution in [0, 0.1) is 5.92 Å². The normalized spacial score (nSPS) is 28.4. The van der Waals surface area contributed by atoms with E-state index in [2.05, 4.69) is 11.8 Å². The topological polar surface area (TPSA) is 32.7 Å². The lowest BCUT2D eigenvalue weighted by Gasteiger charge is -2.23. The summed E-state index contributed by atoms with van der Waals surface area (Å²) in [6, 6.07) is 0. The number of rotatable bonds is 3. The minimum Gasteiger partial charge on any atom is -0.391 e. The van der Waals surface area contributed by atoms with Crippen LogP contribution < -0.4 is 0 Å². The summed E-state index contributed by atoms with van der Waals surface area (Å²) in [4.78, 5) is 2.21. The lowest BCUT2D eigenvalue weighted by molar-refractivity contribution is 0.113. The molecule has 0 saturated carbocycles. The van der Waals surface area contributed by atoms with Gasteiger partial charge in [-0.3, -0.25) is 4.90 Å². The first-order valence-electron chi connectivity index (χ1n) is 4.76. The summed E-state index contributed by atoms with van der Waals surface area (Å²) in [6.45, 7) is 6.31. The van der Waals surface area contributed by atoms with Gasteiger partial charge in [-0.05, 0) is 5.92 Å². The quantitative estimate of drug-likeness (QED) is 0.687. The molecule has 3 nitrogen and oxygen atoms in total. The van der Waals surface area contributed by atoms with E-state index in [9.17, 15) is 5.11 Å². The van der Waals surface area contributed by atoms with Crippen molar-refractivity contribution in [2.45, 2.75) is 13.0 Å². The number of hydrogen-bond donors (Lipinski definition) is 1. The van der Waals surface area contributed by atoms with Crippen LogP contribution >= 0.6 is 11.6 Å². The third kappa shape index (κ3) is 4.27. The SMILES string of the molecule is CC1COCCN(CC(O)CCl)C1. The summed E-state index contributed by atoms with van der Waals surface area (Å²) in [5.41, 5.74) is 0. The van der Waals surface area contributed by atoms with Crippen LogP contribution in [0.1, 0.15) is 6.92 Å². The average Bonchev–Trinajstić information content (AvgIpc) is 2.30. The fourth-order valence-electron chi connectivity index (χ4n) is 1.58. The predicted octanol–water partition coefficient (Wildman–Crippen LogP) is 0.554. The zero-order valence-corrected chi connectivity index (χ0v) is 8.83. The zero-order valence-electron chi connectivity index (χ0n) is 8.08. The third-order valence-electron chi connectivity index (χ3n) is 2.17. The Morgan fingerprint density at radius 3 is 3.15 bits per heavy atom. The maximum Gasteiger partial charge on any atom is 0.0802 e. The van der Waals surface area contributed by atoms with Crippen molar-refractivity contribution in [1.29, 1.82) is 0 Å². The molecule has 1 aliphatic rings. The van der Waals surface area contributed by atoms with Gasteiger partial charge in [-0.2, -0.15) is 0 Å². The lowest BCUT2D eigenvalue weighted by atomic mass is 10.2. The molecule has 2 unspecified atom stereocenters. The molecular weight excluding hydrogens is 190 g/mol. The maximum absolute atomic E-state index is 9.37. The van der Waals surface area contributed by atoms with Crippen LogP contribution in [0.5, 0.6) is 0 Å². The molecule has 0 aliphatic carbocycles. The molecule has 0 aromatic heterocycles. The smallest absolute Gasteiger partial charge is 0.0802 e. The average molecular weight is 208 g/mol. The van der Waals surface area contributed by atoms with E-state index < -0.39 is 6.10 Å². The van der Waals surface area contributed by atoms with E-state index in [1.54, 1.807) is 0 Å². The van der Waals surface area contributed by atoms with Gasteiger partial charge in [-0.1, -0.05) is 6.92 Å². The molecule has 0 amide bonds. The van der Waals surface area contributed by atoms with E-state index in [1.165, 1.54) is 0 Å². The monoisotopic (exact) mass is 207 g/mol. The number of ether oxygens (including phenoxy) is 1. The second-order valence-electron chi connectivity index (χ2n) is 3.75. The predicted molar refractivity (Wildman–Crippen MR) is 53.1 cm³/mol. The highest BCUT2D eigenvalue weighted by atomic mass is 35.5. The molecule has 0 spiro atoms. The van der Waals surface area contributed by atoms with Crippen LogP contribution in [-0.2, 0) is 4.74 Å². The van der Waals surface area contributed by atoms with Gasteiger partial charge in [-0.15, -0.1) is 11.6 Å². The molecule has 0 aromatic carbocycles. The van der Waals surface area contributed by atoms with Crippen molar-refractivity contribution in [2.24, 2.45) is 5.92 Å². The molecule has 0 bridgehead atoms. The minimum absolute atomic E-state index is 0.311. The highest BCUT2D eigenvalue weighted by molar-refractivity contribution is 6.18. The first-order chi connectivity index (χ1) is 6.22. The number of nitrogens with zero attached hydrogens (tertiary/aromatic N) is 1. The molecule has 13 heavy (non-hydrogen) atoms. The first kappa shape index (κ1) is 11.2. The Morgan fingerprint density at radius 2 is 2.46 bits per heavy atom. The Balaban J connectivity index is 2.30. The molecular formula is C9H18ClNO2. The van der Waals surface area contributed by atoms with Crippen molar-refractivity contribution in [3.05, 3.63) is 0 Å². The second-order valence-corrected chi connectivity index (χ2v) is 4.06. The molecule has 0 radical (unpaired) electrons. The summed E-state index contributed by atoms with van der Waals surface area (Å²) in [5, 5.41) is 9.37. The Hall–Kier alpha value is 0.170. The van der Waals surface area contributed by atoms with Gasteiger partial charge in [0.1, 0.15) is 0 Å². The van der Waals surface area contributed by atoms with Crippen LogP contribution in [-0.4, -0.2) is 54.8 Å². The van der Waals surface area contributed by atoms with Crippen LogP contribution in [0.15, 0.2) is 0 Å². The van der Waals surface area contributed by atoms with Crippen LogP contribution in [0.3, 0.4) is 0 Å². The highest BCUT2D eigenvalue weighted by Gasteiger charge is 2.17. The number of alkyl halides is 1. The number of aliphatic hydroxyl groups is 1. The molecule has 1 fully saturated rings. The molecule has 4 heteroatoms. The fraction of sp³-hybridized carbons (Fsp3) is 1.00. The second kappa shape index (κ2) is 5.81. The number of β-amino-alcohol motifs (C(OH)–C–C–N with tert-alkyl or cyclic N) is 1. The van der Waals surface area contributed by atoms with Gasteiger partial charge < -0.3 is 9.84 Å². The molecule has 1 rings (SSSR count).